The van der Waals surface area contributed by atoms with Gasteiger partial charge in [-0.1, -0.05) is 0 Å². The van der Waals surface area contributed by atoms with Crippen molar-refractivity contribution in [2.45, 2.75) is 18.9 Å². The van der Waals surface area contributed by atoms with E-state index in [1.807, 2.05) is 11.0 Å². The SMILES string of the molecule is N#Cc1cnc(N2CCN3C(=O)CCC3C2)cn1. The molecule has 2 aliphatic rings. The zero-order valence-corrected chi connectivity index (χ0v) is 9.91. The zero-order chi connectivity index (χ0) is 12.5. The second-order valence-electron chi connectivity index (χ2n) is 4.60. The zero-order valence-electron chi connectivity index (χ0n) is 9.91. The lowest BCUT2D eigenvalue weighted by Crippen LogP contribution is -2.51. The third-order valence-electron chi connectivity index (χ3n) is 3.57. The van der Waals surface area contributed by atoms with Crippen molar-refractivity contribution in [3.8, 4) is 6.07 Å². The van der Waals surface area contributed by atoms with Gasteiger partial charge in [0.05, 0.1) is 12.4 Å². The molecule has 6 nitrogen and oxygen atoms in total. The molecule has 2 fully saturated rings. The predicted molar refractivity (Wildman–Crippen MR) is 63.7 cm³/mol. The Balaban J connectivity index is 1.74. The summed E-state index contributed by atoms with van der Waals surface area (Å²) in [5.74, 6) is 1.05. The van der Waals surface area contributed by atoms with E-state index in [1.165, 1.54) is 6.20 Å². The molecule has 0 saturated carbocycles. The van der Waals surface area contributed by atoms with Crippen LogP contribution in [0.4, 0.5) is 5.82 Å². The Bertz CT molecular complexity index is 506. The number of hydrogen-bond acceptors (Lipinski definition) is 5. The number of piperazine rings is 1. The molecule has 2 saturated heterocycles. The molecule has 1 aromatic heterocycles. The average Bonchev–Trinajstić information content (AvgIpc) is 2.80. The third-order valence-corrected chi connectivity index (χ3v) is 3.57. The van der Waals surface area contributed by atoms with E-state index in [9.17, 15) is 4.79 Å². The average molecular weight is 243 g/mol. The van der Waals surface area contributed by atoms with Crippen LogP contribution in [0.25, 0.3) is 0 Å². The fourth-order valence-electron chi connectivity index (χ4n) is 2.61. The summed E-state index contributed by atoms with van der Waals surface area (Å²) in [7, 11) is 0. The predicted octanol–water partition coefficient (Wildman–Crippen LogP) is 0.159. The highest BCUT2D eigenvalue weighted by molar-refractivity contribution is 5.79. The van der Waals surface area contributed by atoms with Gasteiger partial charge in [-0.2, -0.15) is 5.26 Å². The molecule has 3 rings (SSSR count). The van der Waals surface area contributed by atoms with Crippen LogP contribution in [0, 0.1) is 11.3 Å². The topological polar surface area (TPSA) is 73.1 Å². The molecule has 1 unspecified atom stereocenters. The highest BCUT2D eigenvalue weighted by Gasteiger charge is 2.35. The third kappa shape index (κ3) is 1.78. The molecule has 0 N–H and O–H groups in total. The summed E-state index contributed by atoms with van der Waals surface area (Å²) in [6.45, 7) is 2.35. The minimum atomic E-state index is 0.269. The molecule has 0 aromatic carbocycles. The van der Waals surface area contributed by atoms with Gasteiger partial charge in [-0.3, -0.25) is 4.79 Å². The number of carbonyl (C=O) groups is 1. The van der Waals surface area contributed by atoms with Crippen molar-refractivity contribution < 1.29 is 4.79 Å². The van der Waals surface area contributed by atoms with E-state index in [1.54, 1.807) is 6.20 Å². The number of hydrogen-bond donors (Lipinski definition) is 0. The molecule has 92 valence electrons. The van der Waals surface area contributed by atoms with Crippen molar-refractivity contribution in [3.05, 3.63) is 18.1 Å². The molecule has 3 heterocycles. The van der Waals surface area contributed by atoms with Crippen molar-refractivity contribution in [1.82, 2.24) is 14.9 Å². The summed E-state index contributed by atoms with van der Waals surface area (Å²) in [4.78, 5) is 23.9. The first kappa shape index (κ1) is 11.0. The maximum atomic E-state index is 11.6. The van der Waals surface area contributed by atoms with Crippen LogP contribution in [-0.4, -0.2) is 46.5 Å². The van der Waals surface area contributed by atoms with E-state index in [-0.39, 0.29) is 5.91 Å². The van der Waals surface area contributed by atoms with Gasteiger partial charge in [-0.05, 0) is 6.42 Å². The van der Waals surface area contributed by atoms with Gasteiger partial charge in [0, 0.05) is 32.1 Å². The lowest BCUT2D eigenvalue weighted by atomic mass is 10.1. The minimum Gasteiger partial charge on any atom is -0.352 e. The summed E-state index contributed by atoms with van der Waals surface area (Å²) >= 11 is 0. The number of rotatable bonds is 1. The number of fused-ring (bicyclic) bond motifs is 1. The van der Waals surface area contributed by atoms with Crippen molar-refractivity contribution in [2.75, 3.05) is 24.5 Å². The van der Waals surface area contributed by atoms with Crippen molar-refractivity contribution in [2.24, 2.45) is 0 Å². The molecule has 18 heavy (non-hydrogen) atoms. The van der Waals surface area contributed by atoms with Gasteiger partial charge in [-0.25, -0.2) is 9.97 Å². The summed E-state index contributed by atoms with van der Waals surface area (Å²) in [6.07, 6.45) is 4.71. The van der Waals surface area contributed by atoms with E-state index in [0.29, 0.717) is 18.2 Å². The van der Waals surface area contributed by atoms with Crippen molar-refractivity contribution in [3.63, 3.8) is 0 Å². The second-order valence-corrected chi connectivity index (χ2v) is 4.60. The first-order chi connectivity index (χ1) is 8.78. The molecular weight excluding hydrogens is 230 g/mol. The quantitative estimate of drug-likeness (QED) is 0.702. The van der Waals surface area contributed by atoms with Crippen molar-refractivity contribution in [1.29, 1.82) is 5.26 Å². The first-order valence-electron chi connectivity index (χ1n) is 6.04. The number of anilines is 1. The van der Waals surface area contributed by atoms with Crippen LogP contribution in [0.15, 0.2) is 12.4 Å². The number of aromatic nitrogens is 2. The Hall–Kier alpha value is -2.16. The molecule has 1 amide bonds. The van der Waals surface area contributed by atoms with Crippen molar-refractivity contribution >= 4 is 11.7 Å². The summed E-state index contributed by atoms with van der Waals surface area (Å²) in [5.41, 5.74) is 0.327. The Morgan fingerprint density at radius 1 is 1.33 bits per heavy atom. The number of nitrogens with zero attached hydrogens (tertiary/aromatic N) is 5. The normalized spacial score (nSPS) is 22.8. The molecule has 1 atom stereocenters. The highest BCUT2D eigenvalue weighted by Crippen LogP contribution is 2.24. The largest absolute Gasteiger partial charge is 0.352 e. The Kier molecular flexibility index (Phi) is 2.59. The van der Waals surface area contributed by atoms with Gasteiger partial charge in [-0.15, -0.1) is 0 Å². The molecule has 2 aliphatic heterocycles. The monoisotopic (exact) mass is 243 g/mol. The van der Waals surface area contributed by atoms with Gasteiger partial charge >= 0.3 is 0 Å². The molecular formula is C12H13N5O. The standard InChI is InChI=1S/C12H13N5O/c13-5-9-6-15-11(7-14-9)16-3-4-17-10(8-16)1-2-12(17)18/h6-7,10H,1-4,8H2. The van der Waals surface area contributed by atoms with Crippen LogP contribution in [-0.2, 0) is 4.79 Å². The Morgan fingerprint density at radius 2 is 2.22 bits per heavy atom. The molecule has 1 aromatic rings. The van der Waals surface area contributed by atoms with Crippen LogP contribution in [0.5, 0.6) is 0 Å². The van der Waals surface area contributed by atoms with E-state index in [0.717, 1.165) is 31.9 Å². The van der Waals surface area contributed by atoms with Crippen LogP contribution in [0.3, 0.4) is 0 Å². The number of amides is 1. The molecule has 0 aliphatic carbocycles. The number of nitriles is 1. The molecule has 0 spiro atoms. The van der Waals surface area contributed by atoms with Gasteiger partial charge in [0.2, 0.25) is 5.91 Å². The van der Waals surface area contributed by atoms with E-state index in [2.05, 4.69) is 14.9 Å². The molecule has 0 radical (unpaired) electrons. The Morgan fingerprint density at radius 3 is 2.94 bits per heavy atom. The maximum Gasteiger partial charge on any atom is 0.223 e. The van der Waals surface area contributed by atoms with Gasteiger partial charge < -0.3 is 9.80 Å². The second kappa shape index (κ2) is 4.26. The summed E-state index contributed by atoms with van der Waals surface area (Å²) in [6, 6.07) is 2.26. The van der Waals surface area contributed by atoms with Crippen LogP contribution in [0.1, 0.15) is 18.5 Å². The first-order valence-corrected chi connectivity index (χ1v) is 6.04. The Labute approximate surface area is 105 Å². The minimum absolute atomic E-state index is 0.269. The van der Waals surface area contributed by atoms with Crippen LogP contribution < -0.4 is 4.90 Å². The van der Waals surface area contributed by atoms with E-state index >= 15 is 0 Å². The van der Waals surface area contributed by atoms with E-state index < -0.39 is 0 Å². The lowest BCUT2D eigenvalue weighted by molar-refractivity contribution is -0.129. The number of carbonyl (C=O) groups excluding carboxylic acids is 1. The maximum absolute atomic E-state index is 11.6. The van der Waals surface area contributed by atoms with Gasteiger partial charge in [0.15, 0.2) is 5.69 Å². The van der Waals surface area contributed by atoms with Gasteiger partial charge in [0.25, 0.3) is 0 Å². The summed E-state index contributed by atoms with van der Waals surface area (Å²) in [5, 5.41) is 8.68. The summed E-state index contributed by atoms with van der Waals surface area (Å²) < 4.78 is 0. The van der Waals surface area contributed by atoms with Crippen LogP contribution >= 0.6 is 0 Å². The fourth-order valence-corrected chi connectivity index (χ4v) is 2.61. The highest BCUT2D eigenvalue weighted by atomic mass is 16.2. The smallest absolute Gasteiger partial charge is 0.223 e. The molecule has 6 heteroatoms. The lowest BCUT2D eigenvalue weighted by Gasteiger charge is -2.37. The fraction of sp³-hybridized carbons (Fsp3) is 0.500. The van der Waals surface area contributed by atoms with Gasteiger partial charge in [0.1, 0.15) is 11.9 Å². The van der Waals surface area contributed by atoms with Crippen LogP contribution in [0.2, 0.25) is 0 Å². The van der Waals surface area contributed by atoms with E-state index in [4.69, 9.17) is 5.26 Å². The molecule has 0 bridgehead atoms.